The Balaban J connectivity index is 1.91. The molecule has 29 heavy (non-hydrogen) atoms. The average molecular weight is 455 g/mol. The Kier molecular flexibility index (Phi) is 6.79. The molecule has 10 heteroatoms. The molecule has 0 saturated carbocycles. The Morgan fingerprint density at radius 3 is 2.62 bits per heavy atom. The molecule has 152 valence electrons. The number of nitrogens with zero attached hydrogens (tertiary/aromatic N) is 2. The summed E-state index contributed by atoms with van der Waals surface area (Å²) < 4.78 is 17.8. The van der Waals surface area contributed by atoms with Crippen molar-refractivity contribution in [2.45, 2.75) is 6.54 Å². The van der Waals surface area contributed by atoms with Crippen molar-refractivity contribution < 1.29 is 23.8 Å². The first-order valence-corrected chi connectivity index (χ1v) is 9.88. The third-order valence-corrected chi connectivity index (χ3v) is 5.44. The van der Waals surface area contributed by atoms with E-state index in [1.807, 2.05) is 0 Å². The lowest BCUT2D eigenvalue weighted by molar-refractivity contribution is -0.141. The van der Waals surface area contributed by atoms with Crippen molar-refractivity contribution in [1.82, 2.24) is 4.57 Å². The molecular weight excluding hydrogens is 439 g/mol. The van der Waals surface area contributed by atoms with Crippen molar-refractivity contribution in [2.24, 2.45) is 4.99 Å². The Hall–Kier alpha value is -2.55. The van der Waals surface area contributed by atoms with Gasteiger partial charge in [-0.05, 0) is 36.4 Å². The fourth-order valence-corrected chi connectivity index (χ4v) is 4.02. The van der Waals surface area contributed by atoms with Crippen LogP contribution in [0.2, 0.25) is 10.0 Å². The zero-order valence-corrected chi connectivity index (χ0v) is 17.8. The smallest absolute Gasteiger partial charge is 0.325 e. The molecule has 0 saturated heterocycles. The number of fused-ring (bicyclic) bond motifs is 1. The van der Waals surface area contributed by atoms with Crippen LogP contribution in [0, 0.1) is 0 Å². The molecule has 3 aromatic rings. The van der Waals surface area contributed by atoms with E-state index in [1.54, 1.807) is 42.0 Å². The highest BCUT2D eigenvalue weighted by Gasteiger charge is 2.13. The number of carbonyl (C=O) groups is 2. The van der Waals surface area contributed by atoms with E-state index in [0.29, 0.717) is 26.3 Å². The van der Waals surface area contributed by atoms with Gasteiger partial charge in [-0.25, -0.2) is 0 Å². The van der Waals surface area contributed by atoms with E-state index in [2.05, 4.69) is 4.99 Å². The molecular formula is C19H16Cl2N2O5S. The molecule has 0 unspecified atom stereocenters. The number of hydrogen-bond donors (Lipinski definition) is 0. The number of amides is 1. The van der Waals surface area contributed by atoms with Gasteiger partial charge in [-0.15, -0.1) is 0 Å². The first-order valence-electron chi connectivity index (χ1n) is 8.31. The van der Waals surface area contributed by atoms with Crippen LogP contribution in [0.3, 0.4) is 0 Å². The zero-order chi connectivity index (χ0) is 21.0. The zero-order valence-electron chi connectivity index (χ0n) is 15.5. The Labute approximate surface area is 180 Å². The molecule has 0 spiro atoms. The Morgan fingerprint density at radius 2 is 1.93 bits per heavy atom. The third kappa shape index (κ3) is 5.09. The maximum absolute atomic E-state index is 12.4. The van der Waals surface area contributed by atoms with Crippen LogP contribution in [-0.4, -0.2) is 37.3 Å². The van der Waals surface area contributed by atoms with Crippen molar-refractivity contribution in [1.29, 1.82) is 0 Å². The average Bonchev–Trinajstić information content (AvgIpc) is 3.03. The van der Waals surface area contributed by atoms with E-state index in [1.165, 1.54) is 24.5 Å². The molecule has 0 N–H and O–H groups in total. The lowest BCUT2D eigenvalue weighted by atomic mass is 10.3. The summed E-state index contributed by atoms with van der Waals surface area (Å²) in [7, 11) is 2.86. The lowest BCUT2D eigenvalue weighted by Gasteiger charge is -2.06. The van der Waals surface area contributed by atoms with Gasteiger partial charge in [0.15, 0.2) is 11.4 Å². The van der Waals surface area contributed by atoms with E-state index < -0.39 is 11.9 Å². The molecule has 0 bridgehead atoms. The standard InChI is InChI=1S/C19H16Cl2N2O5S/c1-26-12-4-5-14-16(8-12)29-19(23(14)9-18(25)27-2)22-17(24)10-28-15-6-3-11(20)7-13(15)21/h3-8H,9-10H2,1-2H3. The maximum atomic E-state index is 12.4. The highest BCUT2D eigenvalue weighted by molar-refractivity contribution is 7.16. The first kappa shape index (κ1) is 21.2. The highest BCUT2D eigenvalue weighted by atomic mass is 35.5. The lowest BCUT2D eigenvalue weighted by Crippen LogP contribution is -2.23. The fourth-order valence-electron chi connectivity index (χ4n) is 2.48. The van der Waals surface area contributed by atoms with Crippen molar-refractivity contribution in [3.05, 3.63) is 51.2 Å². The number of methoxy groups -OCH3 is 2. The predicted octanol–water partition coefficient (Wildman–Crippen LogP) is 3.70. The van der Waals surface area contributed by atoms with Crippen LogP contribution in [0.4, 0.5) is 0 Å². The fraction of sp³-hybridized carbons (Fsp3) is 0.211. The summed E-state index contributed by atoms with van der Waals surface area (Å²) in [6.07, 6.45) is 0. The second-order valence-electron chi connectivity index (χ2n) is 5.75. The van der Waals surface area contributed by atoms with E-state index >= 15 is 0 Å². The first-order chi connectivity index (χ1) is 13.9. The summed E-state index contributed by atoms with van der Waals surface area (Å²) >= 11 is 13.1. The molecule has 1 aromatic heterocycles. The number of carbonyl (C=O) groups excluding carboxylic acids is 2. The molecule has 2 aromatic carbocycles. The molecule has 0 atom stereocenters. The number of hydrogen-bond acceptors (Lipinski definition) is 6. The van der Waals surface area contributed by atoms with Crippen molar-refractivity contribution in [3.63, 3.8) is 0 Å². The molecule has 0 fully saturated rings. The van der Waals surface area contributed by atoms with Crippen molar-refractivity contribution >= 4 is 56.6 Å². The molecule has 1 heterocycles. The summed E-state index contributed by atoms with van der Waals surface area (Å²) in [5.74, 6) is -0.0162. The number of aromatic nitrogens is 1. The molecule has 7 nitrogen and oxygen atoms in total. The van der Waals surface area contributed by atoms with Crippen LogP contribution in [0.5, 0.6) is 11.5 Å². The summed E-state index contributed by atoms with van der Waals surface area (Å²) in [5.41, 5.74) is 0.731. The highest BCUT2D eigenvalue weighted by Crippen LogP contribution is 2.27. The van der Waals surface area contributed by atoms with E-state index in [0.717, 1.165) is 10.2 Å². The minimum absolute atomic E-state index is 0.0845. The summed E-state index contributed by atoms with van der Waals surface area (Å²) in [6.45, 7) is -0.407. The predicted molar refractivity (Wildman–Crippen MR) is 111 cm³/mol. The molecule has 0 aliphatic carbocycles. The minimum atomic E-state index is -0.534. The Bertz CT molecular complexity index is 1140. The number of esters is 1. The van der Waals surface area contributed by atoms with E-state index in [9.17, 15) is 9.59 Å². The van der Waals surface area contributed by atoms with Gasteiger partial charge < -0.3 is 18.8 Å². The van der Waals surface area contributed by atoms with Crippen molar-refractivity contribution in [2.75, 3.05) is 20.8 Å². The molecule has 0 aliphatic heterocycles. The van der Waals surface area contributed by atoms with Gasteiger partial charge in [0.25, 0.3) is 5.91 Å². The molecule has 3 rings (SSSR count). The van der Waals surface area contributed by atoms with Gasteiger partial charge in [0.05, 0.1) is 29.5 Å². The van der Waals surface area contributed by atoms with Crippen LogP contribution >= 0.6 is 34.5 Å². The van der Waals surface area contributed by atoms with Crippen molar-refractivity contribution in [3.8, 4) is 11.5 Å². The van der Waals surface area contributed by atoms with Crippen LogP contribution in [0.15, 0.2) is 41.4 Å². The van der Waals surface area contributed by atoms with Gasteiger partial charge in [0.2, 0.25) is 0 Å². The normalized spacial score (nSPS) is 11.5. The summed E-state index contributed by atoms with van der Waals surface area (Å²) in [5, 5.41) is 0.753. The van der Waals surface area contributed by atoms with E-state index in [4.69, 9.17) is 37.4 Å². The van der Waals surface area contributed by atoms with Crippen LogP contribution in [-0.2, 0) is 20.9 Å². The summed E-state index contributed by atoms with van der Waals surface area (Å²) in [6, 6.07) is 10.1. The second kappa shape index (κ2) is 9.30. The van der Waals surface area contributed by atoms with Gasteiger partial charge in [-0.2, -0.15) is 4.99 Å². The van der Waals surface area contributed by atoms with Gasteiger partial charge in [-0.1, -0.05) is 34.5 Å². The van der Waals surface area contributed by atoms with Gasteiger partial charge in [-0.3, -0.25) is 9.59 Å². The largest absolute Gasteiger partial charge is 0.497 e. The molecule has 1 amide bonds. The quantitative estimate of drug-likeness (QED) is 0.530. The SMILES string of the molecule is COC(=O)Cn1c(=NC(=O)COc2ccc(Cl)cc2Cl)sc2cc(OC)ccc21. The van der Waals surface area contributed by atoms with E-state index in [-0.39, 0.29) is 13.2 Å². The third-order valence-electron chi connectivity index (χ3n) is 3.87. The number of halogens is 2. The van der Waals surface area contributed by atoms with Gasteiger partial charge in [0.1, 0.15) is 18.0 Å². The Morgan fingerprint density at radius 1 is 1.14 bits per heavy atom. The second-order valence-corrected chi connectivity index (χ2v) is 7.60. The number of thiazole rings is 1. The molecule has 0 aliphatic rings. The number of ether oxygens (including phenoxy) is 3. The number of benzene rings is 2. The van der Waals surface area contributed by atoms with Gasteiger partial charge >= 0.3 is 5.97 Å². The topological polar surface area (TPSA) is 79.1 Å². The maximum Gasteiger partial charge on any atom is 0.325 e. The van der Waals surface area contributed by atoms with Crippen LogP contribution < -0.4 is 14.3 Å². The van der Waals surface area contributed by atoms with Crippen LogP contribution in [0.1, 0.15) is 0 Å². The molecule has 0 radical (unpaired) electrons. The van der Waals surface area contributed by atoms with Crippen LogP contribution in [0.25, 0.3) is 10.2 Å². The number of rotatable bonds is 6. The minimum Gasteiger partial charge on any atom is -0.497 e. The summed E-state index contributed by atoms with van der Waals surface area (Å²) in [4.78, 5) is 28.6. The monoisotopic (exact) mass is 454 g/mol. The van der Waals surface area contributed by atoms with Gasteiger partial charge in [0, 0.05) is 5.02 Å².